The Bertz CT molecular complexity index is 1220. The van der Waals surface area contributed by atoms with Crippen LogP contribution in [0, 0.1) is 34.5 Å². The summed E-state index contributed by atoms with van der Waals surface area (Å²) >= 11 is 0. The minimum atomic E-state index is -0.780. The second-order valence-corrected chi connectivity index (χ2v) is 12.1. The molecule has 1 unspecified atom stereocenters. The van der Waals surface area contributed by atoms with Crippen molar-refractivity contribution >= 4 is 22.9 Å². The van der Waals surface area contributed by atoms with Crippen molar-refractivity contribution < 1.29 is 14.7 Å². The molecule has 3 heterocycles. The van der Waals surface area contributed by atoms with Crippen LogP contribution in [-0.4, -0.2) is 50.0 Å². The van der Waals surface area contributed by atoms with Gasteiger partial charge in [-0.2, -0.15) is 0 Å². The van der Waals surface area contributed by atoms with Crippen LogP contribution in [0.25, 0.3) is 11.0 Å². The molecule has 8 atom stereocenters. The van der Waals surface area contributed by atoms with Crippen molar-refractivity contribution in [3.63, 3.8) is 0 Å². The molecule has 7 rings (SSSR count). The first-order valence-corrected chi connectivity index (χ1v) is 12.6. The maximum Gasteiger partial charge on any atom is 0.307 e. The normalized spacial score (nSPS) is 45.5. The van der Waals surface area contributed by atoms with E-state index in [0.29, 0.717) is 17.8 Å². The Morgan fingerprint density at radius 1 is 1.09 bits per heavy atom. The maximum absolute atomic E-state index is 14.0. The molecule has 4 fully saturated rings. The highest BCUT2D eigenvalue weighted by Crippen LogP contribution is 2.68. The van der Waals surface area contributed by atoms with Crippen LogP contribution in [-0.2, 0) is 15.1 Å². The number of aromatic nitrogens is 3. The topological polar surface area (TPSA) is 88.3 Å². The zero-order valence-corrected chi connectivity index (χ0v) is 19.6. The second-order valence-electron chi connectivity index (χ2n) is 12.1. The third kappa shape index (κ3) is 2.05. The molecular formula is C26H32N4O3. The number of carbonyl (C=O) groups excluding carboxylic acids is 1. The number of fused-ring (bicyclic) bond motifs is 7. The summed E-state index contributed by atoms with van der Waals surface area (Å²) in [5.74, 6) is 0.831. The van der Waals surface area contributed by atoms with Gasteiger partial charge in [0, 0.05) is 18.7 Å². The monoisotopic (exact) mass is 448 g/mol. The van der Waals surface area contributed by atoms with Crippen molar-refractivity contribution in [2.24, 2.45) is 34.5 Å². The van der Waals surface area contributed by atoms with Gasteiger partial charge in [-0.15, -0.1) is 5.10 Å². The highest BCUT2D eigenvalue weighted by Gasteiger charge is 2.67. The highest BCUT2D eigenvalue weighted by atomic mass is 16.4. The van der Waals surface area contributed by atoms with Crippen LogP contribution < -0.4 is 0 Å². The lowest BCUT2D eigenvalue weighted by Gasteiger charge is -2.64. The Balaban J connectivity index is 1.32. The number of carbonyl (C=O) groups is 2. The molecule has 7 heteroatoms. The van der Waals surface area contributed by atoms with Crippen LogP contribution in [0.4, 0.5) is 0 Å². The van der Waals surface area contributed by atoms with Gasteiger partial charge in [-0.3, -0.25) is 9.59 Å². The minimum Gasteiger partial charge on any atom is -0.481 e. The van der Waals surface area contributed by atoms with Gasteiger partial charge >= 0.3 is 5.97 Å². The van der Waals surface area contributed by atoms with Crippen molar-refractivity contribution in [3.05, 3.63) is 23.8 Å². The Labute approximate surface area is 193 Å². The number of aliphatic carboxylic acids is 1. The number of hydrogen-bond acceptors (Lipinski definition) is 4. The van der Waals surface area contributed by atoms with E-state index in [1.807, 2.05) is 28.8 Å². The van der Waals surface area contributed by atoms with Crippen LogP contribution in [0.2, 0.25) is 0 Å². The van der Waals surface area contributed by atoms with Crippen molar-refractivity contribution in [2.45, 2.75) is 70.4 Å². The van der Waals surface area contributed by atoms with Gasteiger partial charge in [0.1, 0.15) is 5.52 Å². The molecule has 1 saturated heterocycles. The minimum absolute atomic E-state index is 0.0384. The third-order valence-corrected chi connectivity index (χ3v) is 11.2. The summed E-state index contributed by atoms with van der Waals surface area (Å²) in [5.41, 5.74) is 1.93. The fourth-order valence-electron chi connectivity index (χ4n) is 9.84. The fourth-order valence-corrected chi connectivity index (χ4v) is 9.84. The summed E-state index contributed by atoms with van der Waals surface area (Å²) in [6.45, 7) is 4.67. The molecule has 2 aromatic rings. The Morgan fingerprint density at radius 3 is 2.64 bits per heavy atom. The number of benzene rings is 1. The van der Waals surface area contributed by atoms with E-state index in [1.54, 1.807) is 0 Å². The average Bonchev–Trinajstić information content (AvgIpc) is 3.40. The van der Waals surface area contributed by atoms with E-state index in [1.165, 1.54) is 0 Å². The van der Waals surface area contributed by atoms with Gasteiger partial charge in [0.05, 0.1) is 11.4 Å². The Hall–Kier alpha value is -2.44. The van der Waals surface area contributed by atoms with Crippen LogP contribution in [0.5, 0.6) is 0 Å². The lowest BCUT2D eigenvalue weighted by Crippen LogP contribution is -2.68. The maximum atomic E-state index is 14.0. The standard InChI is InChI=1S/C26H32N4O3/c1-24-12-11-16-14(15(24)8-9-18(24)22(31)32)7-10-20-25(16,2)13-26(23(33)29(20)3)17-5-4-6-19-21(17)27-28-30(19)26/h4-6,14-16,18,20H,7-13H2,1-3H3,(H,31,32)/t14-,15-,16-,18+,20+,24-,25+,26?/m0/s1. The van der Waals surface area contributed by atoms with E-state index in [-0.39, 0.29) is 28.7 Å². The van der Waals surface area contributed by atoms with Crippen molar-refractivity contribution in [3.8, 4) is 0 Å². The van der Waals surface area contributed by atoms with Gasteiger partial charge < -0.3 is 10.0 Å². The van der Waals surface area contributed by atoms with Crippen LogP contribution in [0.3, 0.4) is 0 Å². The SMILES string of the molecule is CN1C(=O)C2(C[C@]3(C)[C@H]4CC[C@]5(C)[C@@H](C(=O)O)CC[C@H]5[C@@H]4CC[C@@H]13)c1cccc3c1nnn32. The number of rotatable bonds is 1. The highest BCUT2D eigenvalue weighted by molar-refractivity contribution is 5.99. The number of amides is 1. The number of likely N-dealkylation sites (N-methyl/N-ethyl adjacent to an activating group) is 1. The molecule has 7 nitrogen and oxygen atoms in total. The number of carboxylic acid groups (broad SMARTS) is 1. The van der Waals surface area contributed by atoms with Gasteiger partial charge in [0.25, 0.3) is 5.91 Å². The van der Waals surface area contributed by atoms with Gasteiger partial charge in [0.2, 0.25) is 0 Å². The predicted octanol–water partition coefficient (Wildman–Crippen LogP) is 3.66. The van der Waals surface area contributed by atoms with Crippen LogP contribution >= 0.6 is 0 Å². The van der Waals surface area contributed by atoms with Crippen molar-refractivity contribution in [2.75, 3.05) is 7.05 Å². The molecule has 3 aliphatic carbocycles. The largest absolute Gasteiger partial charge is 0.481 e. The van der Waals surface area contributed by atoms with Gasteiger partial charge in [-0.25, -0.2) is 4.68 Å². The lowest BCUT2D eigenvalue weighted by molar-refractivity contribution is -0.176. The van der Waals surface area contributed by atoms with E-state index in [4.69, 9.17) is 0 Å². The first kappa shape index (κ1) is 20.0. The fraction of sp³-hybridized carbons (Fsp3) is 0.692. The molecule has 1 spiro atoms. The number of piperidine rings is 1. The van der Waals surface area contributed by atoms with Gasteiger partial charge in [-0.1, -0.05) is 31.2 Å². The van der Waals surface area contributed by atoms with E-state index >= 15 is 0 Å². The summed E-state index contributed by atoms with van der Waals surface area (Å²) in [6.07, 6.45) is 6.74. The quantitative estimate of drug-likeness (QED) is 0.719. The summed E-state index contributed by atoms with van der Waals surface area (Å²) in [6, 6.07) is 6.33. The summed E-state index contributed by atoms with van der Waals surface area (Å²) in [4.78, 5) is 28.1. The average molecular weight is 449 g/mol. The molecular weight excluding hydrogens is 416 g/mol. The zero-order chi connectivity index (χ0) is 22.9. The molecule has 3 saturated carbocycles. The molecule has 1 N–H and O–H groups in total. The predicted molar refractivity (Wildman–Crippen MR) is 121 cm³/mol. The van der Waals surface area contributed by atoms with E-state index < -0.39 is 11.5 Å². The first-order chi connectivity index (χ1) is 15.7. The smallest absolute Gasteiger partial charge is 0.307 e. The number of hydrogen-bond donors (Lipinski definition) is 1. The van der Waals surface area contributed by atoms with Crippen LogP contribution in [0.15, 0.2) is 18.2 Å². The van der Waals surface area contributed by atoms with Gasteiger partial charge in [-0.05, 0) is 79.6 Å². The number of nitrogens with zero attached hydrogens (tertiary/aromatic N) is 4. The lowest BCUT2D eigenvalue weighted by atomic mass is 9.45. The molecule has 2 aliphatic heterocycles. The molecule has 0 radical (unpaired) electrons. The van der Waals surface area contributed by atoms with Crippen LogP contribution in [0.1, 0.15) is 64.4 Å². The first-order valence-electron chi connectivity index (χ1n) is 12.6. The Morgan fingerprint density at radius 2 is 1.88 bits per heavy atom. The van der Waals surface area contributed by atoms with E-state index in [2.05, 4.69) is 30.2 Å². The zero-order valence-electron chi connectivity index (χ0n) is 19.6. The Kier molecular flexibility index (Phi) is 3.61. The van der Waals surface area contributed by atoms with Gasteiger partial charge in [0.15, 0.2) is 5.54 Å². The van der Waals surface area contributed by atoms with Crippen molar-refractivity contribution in [1.29, 1.82) is 0 Å². The third-order valence-electron chi connectivity index (χ3n) is 11.2. The molecule has 174 valence electrons. The number of carboxylic acids is 1. The molecule has 1 aromatic heterocycles. The molecule has 1 aromatic carbocycles. The summed E-state index contributed by atoms with van der Waals surface area (Å²) < 4.78 is 1.91. The summed E-state index contributed by atoms with van der Waals surface area (Å²) in [7, 11) is 1.99. The molecule has 1 amide bonds. The number of likely N-dealkylation sites (tertiary alicyclic amines) is 1. The molecule has 33 heavy (non-hydrogen) atoms. The second kappa shape index (κ2) is 5.97. The van der Waals surface area contributed by atoms with E-state index in [0.717, 1.165) is 61.5 Å². The molecule has 5 aliphatic rings. The molecule has 4 bridgehead atoms. The van der Waals surface area contributed by atoms with E-state index in [9.17, 15) is 14.7 Å². The van der Waals surface area contributed by atoms with Crippen molar-refractivity contribution in [1.82, 2.24) is 19.9 Å². The summed E-state index contributed by atoms with van der Waals surface area (Å²) in [5, 5.41) is 18.7.